The maximum Gasteiger partial charge on any atom is 0.328 e. The van der Waals surface area contributed by atoms with Gasteiger partial charge in [-0.2, -0.15) is 5.10 Å². The van der Waals surface area contributed by atoms with Crippen LogP contribution >= 0.6 is 0 Å². The number of aromatic nitrogens is 3. The molecule has 0 bridgehead atoms. The SMILES string of the molecule is Cc1nn(C)c2ncc(C(=O)N3CCOCC3C(=O)O)cc12. The Labute approximate surface area is 126 Å². The number of aliphatic carboxylic acids is 1. The van der Waals surface area contributed by atoms with E-state index in [0.29, 0.717) is 17.8 Å². The van der Waals surface area contributed by atoms with E-state index in [-0.39, 0.29) is 19.1 Å². The van der Waals surface area contributed by atoms with Gasteiger partial charge >= 0.3 is 5.97 Å². The minimum absolute atomic E-state index is 0.00265. The second kappa shape index (κ2) is 5.38. The first-order chi connectivity index (χ1) is 10.5. The van der Waals surface area contributed by atoms with Crippen LogP contribution in [0.15, 0.2) is 12.3 Å². The minimum Gasteiger partial charge on any atom is -0.480 e. The smallest absolute Gasteiger partial charge is 0.328 e. The average molecular weight is 304 g/mol. The Hall–Kier alpha value is -2.48. The standard InChI is InChI=1S/C14H16N4O4/c1-8-10-5-9(6-15-12(10)17(2)16-8)13(19)18-3-4-22-7-11(18)14(20)21/h5-6,11H,3-4,7H2,1-2H3,(H,20,21). The molecule has 22 heavy (non-hydrogen) atoms. The number of rotatable bonds is 2. The fourth-order valence-corrected chi connectivity index (χ4v) is 2.64. The zero-order valence-corrected chi connectivity index (χ0v) is 12.3. The molecule has 1 aliphatic rings. The lowest BCUT2D eigenvalue weighted by atomic mass is 10.1. The highest BCUT2D eigenvalue weighted by Gasteiger charge is 2.33. The fraction of sp³-hybridized carbons (Fsp3) is 0.429. The molecule has 1 aliphatic heterocycles. The molecule has 8 heteroatoms. The summed E-state index contributed by atoms with van der Waals surface area (Å²) in [7, 11) is 1.78. The van der Waals surface area contributed by atoms with Gasteiger partial charge in [-0.15, -0.1) is 0 Å². The van der Waals surface area contributed by atoms with Crippen molar-refractivity contribution in [3.63, 3.8) is 0 Å². The number of hydrogen-bond donors (Lipinski definition) is 1. The van der Waals surface area contributed by atoms with Gasteiger partial charge in [-0.3, -0.25) is 9.48 Å². The Morgan fingerprint density at radius 1 is 1.45 bits per heavy atom. The summed E-state index contributed by atoms with van der Waals surface area (Å²) in [5.74, 6) is -1.42. The molecule has 0 saturated carbocycles. The molecule has 0 radical (unpaired) electrons. The highest BCUT2D eigenvalue weighted by atomic mass is 16.5. The third kappa shape index (κ3) is 2.31. The lowest BCUT2D eigenvalue weighted by Crippen LogP contribution is -2.52. The Balaban J connectivity index is 1.97. The van der Waals surface area contributed by atoms with Crippen LogP contribution in [0.25, 0.3) is 11.0 Å². The van der Waals surface area contributed by atoms with E-state index in [0.717, 1.165) is 11.1 Å². The number of nitrogens with zero attached hydrogens (tertiary/aromatic N) is 4. The van der Waals surface area contributed by atoms with Gasteiger partial charge < -0.3 is 14.7 Å². The van der Waals surface area contributed by atoms with Crippen molar-refractivity contribution >= 4 is 22.9 Å². The summed E-state index contributed by atoms with van der Waals surface area (Å²) in [5, 5.41) is 14.3. The summed E-state index contributed by atoms with van der Waals surface area (Å²) in [6, 6.07) is 0.744. The van der Waals surface area contributed by atoms with Crippen LogP contribution < -0.4 is 0 Å². The number of amides is 1. The summed E-state index contributed by atoms with van der Waals surface area (Å²) < 4.78 is 6.80. The van der Waals surface area contributed by atoms with Gasteiger partial charge in [0.1, 0.15) is 0 Å². The second-order valence-corrected chi connectivity index (χ2v) is 5.23. The van der Waals surface area contributed by atoms with Gasteiger partial charge in [0.25, 0.3) is 5.91 Å². The van der Waals surface area contributed by atoms with Crippen molar-refractivity contribution in [2.24, 2.45) is 7.05 Å². The molecule has 1 amide bonds. The summed E-state index contributed by atoms with van der Waals surface area (Å²) in [5.41, 5.74) is 1.82. The Morgan fingerprint density at radius 2 is 2.23 bits per heavy atom. The molecule has 1 saturated heterocycles. The monoisotopic (exact) mass is 304 g/mol. The van der Waals surface area contributed by atoms with E-state index in [9.17, 15) is 14.7 Å². The van der Waals surface area contributed by atoms with Crippen molar-refractivity contribution in [1.82, 2.24) is 19.7 Å². The molecule has 0 aliphatic carbocycles. The van der Waals surface area contributed by atoms with Crippen LogP contribution in [-0.2, 0) is 16.6 Å². The van der Waals surface area contributed by atoms with Crippen LogP contribution in [0.1, 0.15) is 16.1 Å². The molecule has 1 N–H and O–H groups in total. The van der Waals surface area contributed by atoms with Crippen LogP contribution in [0.5, 0.6) is 0 Å². The summed E-state index contributed by atoms with van der Waals surface area (Å²) >= 11 is 0. The largest absolute Gasteiger partial charge is 0.480 e. The number of hydrogen-bond acceptors (Lipinski definition) is 5. The maximum absolute atomic E-state index is 12.6. The van der Waals surface area contributed by atoms with Crippen molar-refractivity contribution < 1.29 is 19.4 Å². The molecule has 2 aromatic heterocycles. The van der Waals surface area contributed by atoms with Crippen molar-refractivity contribution in [3.05, 3.63) is 23.5 Å². The van der Waals surface area contributed by atoms with E-state index < -0.39 is 12.0 Å². The summed E-state index contributed by atoms with van der Waals surface area (Å²) in [6.45, 7) is 2.42. The first kappa shape index (κ1) is 14.5. The molecule has 1 unspecified atom stereocenters. The Kier molecular flexibility index (Phi) is 3.53. The van der Waals surface area contributed by atoms with Gasteiger partial charge in [0, 0.05) is 25.2 Å². The fourth-order valence-electron chi connectivity index (χ4n) is 2.64. The van der Waals surface area contributed by atoms with Crippen molar-refractivity contribution in [2.45, 2.75) is 13.0 Å². The van der Waals surface area contributed by atoms with Gasteiger partial charge in [-0.05, 0) is 13.0 Å². The zero-order chi connectivity index (χ0) is 15.9. The maximum atomic E-state index is 12.6. The molecule has 1 atom stereocenters. The van der Waals surface area contributed by atoms with Crippen LogP contribution in [0.3, 0.4) is 0 Å². The first-order valence-corrected chi connectivity index (χ1v) is 6.90. The highest BCUT2D eigenvalue weighted by Crippen LogP contribution is 2.19. The number of carbonyl (C=O) groups is 2. The van der Waals surface area contributed by atoms with E-state index in [1.807, 2.05) is 6.92 Å². The molecule has 1 fully saturated rings. The molecule has 3 heterocycles. The third-order valence-corrected chi connectivity index (χ3v) is 3.78. The zero-order valence-electron chi connectivity index (χ0n) is 12.3. The van der Waals surface area contributed by atoms with Crippen molar-refractivity contribution in [3.8, 4) is 0 Å². The normalized spacial score (nSPS) is 18.6. The van der Waals surface area contributed by atoms with E-state index in [1.165, 1.54) is 11.1 Å². The number of fused-ring (bicyclic) bond motifs is 1. The predicted octanol–water partition coefficient (Wildman–Crippen LogP) is 0.202. The van der Waals surface area contributed by atoms with E-state index in [1.54, 1.807) is 17.8 Å². The van der Waals surface area contributed by atoms with Crippen molar-refractivity contribution in [2.75, 3.05) is 19.8 Å². The summed E-state index contributed by atoms with van der Waals surface area (Å²) in [4.78, 5) is 29.5. The van der Waals surface area contributed by atoms with Gasteiger partial charge in [0.05, 0.1) is 24.5 Å². The van der Waals surface area contributed by atoms with Crippen LogP contribution in [0, 0.1) is 6.92 Å². The quantitative estimate of drug-likeness (QED) is 0.851. The Bertz CT molecular complexity index is 755. The summed E-state index contributed by atoms with van der Waals surface area (Å²) in [6.07, 6.45) is 1.46. The minimum atomic E-state index is -1.07. The first-order valence-electron chi connectivity index (χ1n) is 6.90. The molecule has 2 aromatic rings. The van der Waals surface area contributed by atoms with Crippen LogP contribution in [-0.4, -0.2) is 62.4 Å². The number of carbonyl (C=O) groups excluding carboxylic acids is 1. The average Bonchev–Trinajstić information content (AvgIpc) is 2.81. The predicted molar refractivity (Wildman–Crippen MR) is 76.5 cm³/mol. The molecule has 0 spiro atoms. The van der Waals surface area contributed by atoms with Crippen LogP contribution in [0.2, 0.25) is 0 Å². The topological polar surface area (TPSA) is 97.5 Å². The number of pyridine rings is 1. The molecular formula is C14H16N4O4. The van der Waals surface area contributed by atoms with Crippen LogP contribution in [0.4, 0.5) is 0 Å². The lowest BCUT2D eigenvalue weighted by Gasteiger charge is -2.32. The van der Waals surface area contributed by atoms with E-state index >= 15 is 0 Å². The van der Waals surface area contributed by atoms with E-state index in [4.69, 9.17) is 4.74 Å². The molecule has 3 rings (SSSR count). The molecule has 8 nitrogen and oxygen atoms in total. The van der Waals surface area contributed by atoms with Crippen molar-refractivity contribution in [1.29, 1.82) is 0 Å². The third-order valence-electron chi connectivity index (χ3n) is 3.78. The molecule has 116 valence electrons. The van der Waals surface area contributed by atoms with Gasteiger partial charge in [-0.25, -0.2) is 9.78 Å². The molecular weight excluding hydrogens is 288 g/mol. The van der Waals surface area contributed by atoms with Gasteiger partial charge in [0.2, 0.25) is 0 Å². The number of ether oxygens (including phenoxy) is 1. The highest BCUT2D eigenvalue weighted by molar-refractivity contribution is 5.99. The molecule has 0 aromatic carbocycles. The number of carboxylic acids is 1. The second-order valence-electron chi connectivity index (χ2n) is 5.23. The number of morpholine rings is 1. The van der Waals surface area contributed by atoms with E-state index in [2.05, 4.69) is 10.1 Å². The Morgan fingerprint density at radius 3 is 2.95 bits per heavy atom. The van der Waals surface area contributed by atoms with Gasteiger partial charge in [0.15, 0.2) is 11.7 Å². The number of aryl methyl sites for hydroxylation is 2. The lowest BCUT2D eigenvalue weighted by molar-refractivity contribution is -0.147. The van der Waals surface area contributed by atoms with Gasteiger partial charge in [-0.1, -0.05) is 0 Å². The number of carboxylic acid groups (broad SMARTS) is 1.